The molecule has 1 aliphatic heterocycles. The van der Waals surface area contributed by atoms with Gasteiger partial charge in [-0.2, -0.15) is 0 Å². The van der Waals surface area contributed by atoms with E-state index in [-0.39, 0.29) is 14.5 Å². The maximum absolute atomic E-state index is 8.02. The van der Waals surface area contributed by atoms with Crippen molar-refractivity contribution < 1.29 is 17.9 Å². The third kappa shape index (κ3) is 5.86. The van der Waals surface area contributed by atoms with Crippen molar-refractivity contribution in [3.63, 3.8) is 0 Å². The Kier molecular flexibility index (Phi) is 8.91. The van der Waals surface area contributed by atoms with Crippen LogP contribution in [0.5, 0.6) is 0 Å². The third-order valence-electron chi connectivity index (χ3n) is 10.4. The molecule has 0 N–H and O–H groups in total. The van der Waals surface area contributed by atoms with Gasteiger partial charge in [-0.25, -0.2) is 0 Å². The second kappa shape index (κ2) is 12.1. The van der Waals surface area contributed by atoms with Crippen molar-refractivity contribution in [2.45, 2.75) is 89.6 Å². The van der Waals surface area contributed by atoms with Gasteiger partial charge < -0.3 is 0 Å². The first-order valence-corrected chi connectivity index (χ1v) is 27.2. The molecule has 0 fully saturated rings. The van der Waals surface area contributed by atoms with E-state index in [1.54, 1.807) is 0 Å². The van der Waals surface area contributed by atoms with Crippen LogP contribution in [0.2, 0.25) is 0 Å². The van der Waals surface area contributed by atoms with Gasteiger partial charge in [0.2, 0.25) is 0 Å². The van der Waals surface area contributed by atoms with E-state index in [2.05, 4.69) is 141 Å². The minimum absolute atomic E-state index is 0.0492. The summed E-state index contributed by atoms with van der Waals surface area (Å²) in [6, 6.07) is 27.8. The van der Waals surface area contributed by atoms with Crippen molar-refractivity contribution in [3.05, 3.63) is 106 Å². The second-order valence-electron chi connectivity index (χ2n) is 15.4. The van der Waals surface area contributed by atoms with E-state index in [4.69, 9.17) is 17.0 Å². The molecule has 6 rings (SSSR count). The first-order valence-electron chi connectivity index (χ1n) is 16.8. The van der Waals surface area contributed by atoms with Crippen LogP contribution in [0.4, 0.5) is 0 Å². The molecule has 4 aromatic carbocycles. The van der Waals surface area contributed by atoms with Crippen molar-refractivity contribution in [2.24, 2.45) is 5.92 Å². The van der Waals surface area contributed by atoms with E-state index in [0.29, 0.717) is 5.92 Å². The Hall–Kier alpha value is -1.70. The Balaban J connectivity index is 1.59. The number of rotatable bonds is 6. The number of hydrogen-bond donors (Lipinski definition) is 0. The van der Waals surface area contributed by atoms with Crippen LogP contribution in [0.3, 0.4) is 0 Å². The first-order chi connectivity index (χ1) is 21.2. The van der Waals surface area contributed by atoms with E-state index in [9.17, 15) is 0 Å². The molecule has 0 spiro atoms. The molecule has 0 nitrogen and oxygen atoms in total. The SMILES string of the molecule is CCc1ccc2c(c1-c1cc(C(C)(C)C)cc(C(C)(C)C)c1)C=C(C(C)CC)[CH]2[Zr]([Cl])([Cl])[c]1cccc2c1[SiH2]c1ccccc1-2. The summed E-state index contributed by atoms with van der Waals surface area (Å²) in [6.07, 6.45) is 4.58. The number of allylic oxidation sites excluding steroid dienone is 1. The van der Waals surface area contributed by atoms with Crippen LogP contribution in [0.25, 0.3) is 28.3 Å². The van der Waals surface area contributed by atoms with Crippen LogP contribution in [0.1, 0.15) is 100 Å². The van der Waals surface area contributed by atoms with E-state index in [1.807, 2.05) is 0 Å². The molecule has 45 heavy (non-hydrogen) atoms. The van der Waals surface area contributed by atoms with Crippen LogP contribution in [0, 0.1) is 5.92 Å². The van der Waals surface area contributed by atoms with Gasteiger partial charge in [-0.05, 0) is 0 Å². The monoisotopic (exact) mass is 728 g/mol. The van der Waals surface area contributed by atoms with Crippen molar-refractivity contribution in [2.75, 3.05) is 0 Å². The Morgan fingerprint density at radius 2 is 1.44 bits per heavy atom. The fourth-order valence-electron chi connectivity index (χ4n) is 7.48. The van der Waals surface area contributed by atoms with Crippen molar-refractivity contribution in [1.29, 1.82) is 0 Å². The van der Waals surface area contributed by atoms with Crippen LogP contribution in [-0.2, 0) is 35.1 Å². The summed E-state index contributed by atoms with van der Waals surface area (Å²) < 4.78 is 1.40. The molecule has 2 aliphatic rings. The molecule has 4 heteroatoms. The number of benzene rings is 4. The Bertz CT molecular complexity index is 1790. The van der Waals surface area contributed by atoms with Crippen LogP contribution in [0.15, 0.2) is 78.4 Å². The molecule has 4 aromatic rings. The van der Waals surface area contributed by atoms with E-state index in [0.717, 1.165) is 12.8 Å². The Morgan fingerprint density at radius 3 is 2.07 bits per heavy atom. The van der Waals surface area contributed by atoms with E-state index >= 15 is 0 Å². The number of aryl methyl sites for hydroxylation is 1. The average Bonchev–Trinajstić information content (AvgIpc) is 3.58. The summed E-state index contributed by atoms with van der Waals surface area (Å²) >= 11 is -4.07. The molecule has 234 valence electrons. The quantitative estimate of drug-likeness (QED) is 0.153. The van der Waals surface area contributed by atoms with Gasteiger partial charge >= 0.3 is 288 Å². The average molecular weight is 731 g/mol. The summed E-state index contributed by atoms with van der Waals surface area (Å²) in [5, 5.41) is 3.01. The minimum atomic E-state index is -4.07. The van der Waals surface area contributed by atoms with E-state index in [1.165, 1.54) is 69.3 Å². The molecule has 0 bridgehead atoms. The molecule has 1 heterocycles. The summed E-state index contributed by atoms with van der Waals surface area (Å²) in [4.78, 5) is 0. The summed E-state index contributed by atoms with van der Waals surface area (Å²) in [5.41, 5.74) is 13.9. The third-order valence-corrected chi connectivity index (χ3v) is 24.7. The standard InChI is InChI=1S/C29H39.C12H9Si.2ClH.Zr/c1-10-19(3)22-14-21-13-12-20(11-2)27(26(21)17-22)23-15-24(28(4,5)6)18-25(16-23)29(7,8)9;1-3-7-11-9(5-1)10-6-2-4-8-12(10)13-11;;;/h12-19H,10-11H2,1-9H3;1-7H,13H2;2*1H;/q;;;;+2/p-2. The van der Waals surface area contributed by atoms with Gasteiger partial charge in [-0.3, -0.25) is 0 Å². The van der Waals surface area contributed by atoms with Gasteiger partial charge in [0.1, 0.15) is 0 Å². The summed E-state index contributed by atoms with van der Waals surface area (Å²) in [7, 11) is 15.4. The zero-order valence-electron chi connectivity index (χ0n) is 28.5. The normalized spacial score (nSPS) is 17.2. The van der Waals surface area contributed by atoms with Gasteiger partial charge in [-0.15, -0.1) is 0 Å². The maximum atomic E-state index is 8.02. The van der Waals surface area contributed by atoms with Gasteiger partial charge in [0.05, 0.1) is 0 Å². The van der Waals surface area contributed by atoms with E-state index < -0.39 is 27.4 Å². The van der Waals surface area contributed by atoms with Crippen LogP contribution in [-0.4, -0.2) is 9.52 Å². The molecule has 1 aliphatic carbocycles. The molecule has 0 saturated carbocycles. The van der Waals surface area contributed by atoms with Crippen molar-refractivity contribution >= 4 is 46.3 Å². The van der Waals surface area contributed by atoms with Gasteiger partial charge in [0.25, 0.3) is 0 Å². The molecular formula is C41H48Cl2SiZr. The summed E-state index contributed by atoms with van der Waals surface area (Å²) in [5.74, 6) is 0.408. The van der Waals surface area contributed by atoms with Crippen LogP contribution < -0.4 is 13.6 Å². The zero-order valence-corrected chi connectivity index (χ0v) is 33.9. The van der Waals surface area contributed by atoms with Crippen LogP contribution >= 0.6 is 17.0 Å². The topological polar surface area (TPSA) is 0 Å². The fraction of sp³-hybridized carbons (Fsp3) is 0.366. The number of halogens is 2. The molecule has 0 radical (unpaired) electrons. The second-order valence-corrected chi connectivity index (χ2v) is 31.3. The van der Waals surface area contributed by atoms with Gasteiger partial charge in [0.15, 0.2) is 0 Å². The zero-order chi connectivity index (χ0) is 32.5. The molecular weight excluding hydrogens is 683 g/mol. The van der Waals surface area contributed by atoms with Crippen molar-refractivity contribution in [1.82, 2.24) is 0 Å². The number of hydrogen-bond acceptors (Lipinski definition) is 0. The molecule has 2 atom stereocenters. The predicted molar refractivity (Wildman–Crippen MR) is 200 cm³/mol. The molecule has 0 saturated heterocycles. The Morgan fingerprint density at radius 1 is 0.800 bits per heavy atom. The molecule has 0 aromatic heterocycles. The van der Waals surface area contributed by atoms with Gasteiger partial charge in [-0.1, -0.05) is 0 Å². The first kappa shape index (κ1) is 33.2. The molecule has 0 amide bonds. The summed E-state index contributed by atoms with van der Waals surface area (Å²) in [6.45, 7) is 20.9. The van der Waals surface area contributed by atoms with Crippen molar-refractivity contribution in [3.8, 4) is 22.3 Å². The number of fused-ring (bicyclic) bond motifs is 4. The predicted octanol–water partition coefficient (Wildman–Crippen LogP) is 9.88. The fourth-order valence-corrected chi connectivity index (χ4v) is 24.4. The molecule has 2 unspecified atom stereocenters. The Labute approximate surface area is 286 Å². The van der Waals surface area contributed by atoms with Gasteiger partial charge in [0, 0.05) is 0 Å².